The predicted molar refractivity (Wildman–Crippen MR) is 59.6 cm³/mol. The lowest BCUT2D eigenvalue weighted by Crippen LogP contribution is -2.14. The molecule has 0 aliphatic heterocycles. The minimum Gasteiger partial charge on any atom is -0.270 e. The molecule has 0 atom stereocenters. The zero-order valence-electron chi connectivity index (χ0n) is 8.50. The third kappa shape index (κ3) is 3.76. The average Bonchev–Trinajstić information content (AvgIpc) is 2.63. The quantitative estimate of drug-likeness (QED) is 0.724. The van der Waals surface area contributed by atoms with Crippen LogP contribution in [0.15, 0.2) is 17.3 Å². The molecule has 6 nitrogen and oxygen atoms in total. The summed E-state index contributed by atoms with van der Waals surface area (Å²) in [6.45, 7) is 1.66. The molecule has 1 heterocycles. The van der Waals surface area contributed by atoms with Gasteiger partial charge in [-0.2, -0.15) is 5.10 Å². The van der Waals surface area contributed by atoms with Crippen molar-refractivity contribution in [2.75, 3.05) is 11.5 Å². The van der Waals surface area contributed by atoms with Crippen molar-refractivity contribution < 1.29 is 16.8 Å². The summed E-state index contributed by atoms with van der Waals surface area (Å²) in [5, 5.41) is 3.71. The first kappa shape index (κ1) is 13.5. The Kier molecular flexibility index (Phi) is 3.97. The maximum absolute atomic E-state index is 11.2. The molecule has 9 heteroatoms. The zero-order valence-corrected chi connectivity index (χ0v) is 10.9. The van der Waals surface area contributed by atoms with Gasteiger partial charge in [0.2, 0.25) is 0 Å². The van der Waals surface area contributed by atoms with Crippen molar-refractivity contribution in [2.24, 2.45) is 0 Å². The number of sulfone groups is 1. The summed E-state index contributed by atoms with van der Waals surface area (Å²) >= 11 is 0. The zero-order chi connectivity index (χ0) is 12.4. The minimum absolute atomic E-state index is 0.0505. The van der Waals surface area contributed by atoms with Gasteiger partial charge in [-0.25, -0.2) is 16.8 Å². The van der Waals surface area contributed by atoms with E-state index in [-0.39, 0.29) is 22.9 Å². The second kappa shape index (κ2) is 4.72. The summed E-state index contributed by atoms with van der Waals surface area (Å²) in [6.07, 6.45) is 2.29. The highest BCUT2D eigenvalue weighted by atomic mass is 35.7. The van der Waals surface area contributed by atoms with E-state index in [4.69, 9.17) is 10.7 Å². The van der Waals surface area contributed by atoms with Gasteiger partial charge >= 0.3 is 0 Å². The number of hydrogen-bond acceptors (Lipinski definition) is 5. The molecule has 0 aliphatic rings. The number of halogens is 1. The van der Waals surface area contributed by atoms with Crippen molar-refractivity contribution in [1.29, 1.82) is 0 Å². The molecule has 16 heavy (non-hydrogen) atoms. The van der Waals surface area contributed by atoms with E-state index in [1.807, 2.05) is 0 Å². The summed E-state index contributed by atoms with van der Waals surface area (Å²) in [4.78, 5) is -0.136. The van der Waals surface area contributed by atoms with E-state index in [2.05, 4.69) is 5.10 Å². The van der Waals surface area contributed by atoms with Crippen molar-refractivity contribution in [3.63, 3.8) is 0 Å². The third-order valence-electron chi connectivity index (χ3n) is 1.96. The molecular weight excluding hydrogens is 276 g/mol. The lowest BCUT2D eigenvalue weighted by Gasteiger charge is -2.00. The fourth-order valence-corrected chi connectivity index (χ4v) is 2.38. The van der Waals surface area contributed by atoms with Gasteiger partial charge in [0, 0.05) is 22.6 Å². The monoisotopic (exact) mass is 286 g/mol. The van der Waals surface area contributed by atoms with Gasteiger partial charge in [0.05, 0.1) is 18.5 Å². The molecule has 0 fully saturated rings. The Morgan fingerprint density at radius 1 is 1.38 bits per heavy atom. The minimum atomic E-state index is -3.80. The van der Waals surface area contributed by atoms with Gasteiger partial charge in [-0.3, -0.25) is 4.68 Å². The predicted octanol–water partition coefficient (Wildman–Crippen LogP) is 0.245. The molecule has 1 rings (SSSR count). The lowest BCUT2D eigenvalue weighted by atomic mass is 10.7. The Bertz CT molecular complexity index is 561. The first-order chi connectivity index (χ1) is 7.24. The van der Waals surface area contributed by atoms with E-state index in [9.17, 15) is 16.8 Å². The van der Waals surface area contributed by atoms with E-state index in [1.165, 1.54) is 10.9 Å². The lowest BCUT2D eigenvalue weighted by molar-refractivity contribution is 0.581. The van der Waals surface area contributed by atoms with Crippen LogP contribution in [-0.4, -0.2) is 38.1 Å². The molecule has 0 aliphatic carbocycles. The summed E-state index contributed by atoms with van der Waals surface area (Å²) in [7, 11) is -1.80. The number of hydrogen-bond donors (Lipinski definition) is 0. The van der Waals surface area contributed by atoms with E-state index >= 15 is 0 Å². The molecule has 0 N–H and O–H groups in total. The highest BCUT2D eigenvalue weighted by molar-refractivity contribution is 8.13. The van der Waals surface area contributed by atoms with E-state index in [1.54, 1.807) is 6.92 Å². The maximum atomic E-state index is 11.2. The van der Waals surface area contributed by atoms with Gasteiger partial charge in [0.1, 0.15) is 4.90 Å². The van der Waals surface area contributed by atoms with Crippen LogP contribution >= 0.6 is 10.7 Å². The standard InChI is InChI=1S/C7H11ClN2O4S2/c1-2-15(11,12)4-3-10-6-7(5-9-10)16(8,13)14/h5-6H,2-4H2,1H3. The Labute approximate surface area is 98.6 Å². The first-order valence-electron chi connectivity index (χ1n) is 4.42. The summed E-state index contributed by atoms with van der Waals surface area (Å²) in [5.74, 6) is -0.0259. The number of nitrogens with zero attached hydrogens (tertiary/aromatic N) is 2. The van der Waals surface area contributed by atoms with Crippen LogP contribution in [0.1, 0.15) is 6.92 Å². The van der Waals surface area contributed by atoms with Crippen molar-refractivity contribution in [3.05, 3.63) is 12.4 Å². The molecule has 1 aromatic heterocycles. The molecule has 0 unspecified atom stereocenters. The largest absolute Gasteiger partial charge is 0.270 e. The van der Waals surface area contributed by atoms with Crippen LogP contribution in [0.25, 0.3) is 0 Å². The van der Waals surface area contributed by atoms with Gasteiger partial charge in [0.25, 0.3) is 9.05 Å². The average molecular weight is 287 g/mol. The van der Waals surface area contributed by atoms with E-state index in [0.717, 1.165) is 6.20 Å². The Morgan fingerprint density at radius 2 is 2.00 bits per heavy atom. The topological polar surface area (TPSA) is 86.1 Å². The highest BCUT2D eigenvalue weighted by Crippen LogP contribution is 2.12. The fraction of sp³-hybridized carbons (Fsp3) is 0.571. The van der Waals surface area contributed by atoms with Crippen LogP contribution in [-0.2, 0) is 25.4 Å². The van der Waals surface area contributed by atoms with Crippen LogP contribution in [0, 0.1) is 0 Å². The number of aryl methyl sites for hydroxylation is 1. The van der Waals surface area contributed by atoms with Crippen molar-refractivity contribution in [2.45, 2.75) is 18.4 Å². The molecule has 92 valence electrons. The molecular formula is C7H11ClN2O4S2. The number of aromatic nitrogens is 2. The summed E-state index contributed by atoms with van der Waals surface area (Å²) < 4.78 is 45.4. The van der Waals surface area contributed by atoms with Gasteiger partial charge < -0.3 is 0 Å². The third-order valence-corrected chi connectivity index (χ3v) is 4.95. The van der Waals surface area contributed by atoms with E-state index < -0.39 is 18.9 Å². The van der Waals surface area contributed by atoms with Crippen LogP contribution in [0.4, 0.5) is 0 Å². The molecule has 0 radical (unpaired) electrons. The smallest absolute Gasteiger partial charge is 0.264 e. The second-order valence-corrected chi connectivity index (χ2v) is 8.15. The molecule has 0 spiro atoms. The molecule has 0 saturated heterocycles. The van der Waals surface area contributed by atoms with Crippen molar-refractivity contribution in [3.8, 4) is 0 Å². The Balaban J connectivity index is 2.75. The molecule has 0 aromatic carbocycles. The first-order valence-corrected chi connectivity index (χ1v) is 8.55. The second-order valence-electron chi connectivity index (χ2n) is 3.11. The van der Waals surface area contributed by atoms with Crippen LogP contribution in [0.5, 0.6) is 0 Å². The Hall–Kier alpha value is -0.600. The van der Waals surface area contributed by atoms with Crippen LogP contribution < -0.4 is 0 Å². The molecule has 1 aromatic rings. The van der Waals surface area contributed by atoms with Gasteiger partial charge in [0.15, 0.2) is 9.84 Å². The summed E-state index contributed by atoms with van der Waals surface area (Å²) in [5.41, 5.74) is 0. The van der Waals surface area contributed by atoms with Crippen LogP contribution in [0.3, 0.4) is 0 Å². The molecule has 0 bridgehead atoms. The maximum Gasteiger partial charge on any atom is 0.264 e. The van der Waals surface area contributed by atoms with Crippen molar-refractivity contribution in [1.82, 2.24) is 9.78 Å². The number of rotatable bonds is 5. The van der Waals surface area contributed by atoms with Gasteiger partial charge in [-0.1, -0.05) is 6.92 Å². The normalized spacial score (nSPS) is 12.9. The van der Waals surface area contributed by atoms with Crippen LogP contribution in [0.2, 0.25) is 0 Å². The fourth-order valence-electron chi connectivity index (χ4n) is 0.970. The summed E-state index contributed by atoms with van der Waals surface area (Å²) in [6, 6.07) is 0. The highest BCUT2D eigenvalue weighted by Gasteiger charge is 2.13. The SMILES string of the molecule is CCS(=O)(=O)CCn1cc(S(=O)(=O)Cl)cn1. The molecule has 0 amide bonds. The van der Waals surface area contributed by atoms with Gasteiger partial charge in [-0.15, -0.1) is 0 Å². The van der Waals surface area contributed by atoms with Gasteiger partial charge in [-0.05, 0) is 0 Å². The molecule has 0 saturated carbocycles. The van der Waals surface area contributed by atoms with Crippen molar-refractivity contribution >= 4 is 29.6 Å². The van der Waals surface area contributed by atoms with E-state index in [0.29, 0.717) is 0 Å². The Morgan fingerprint density at radius 3 is 2.44 bits per heavy atom.